The topological polar surface area (TPSA) is 62.3 Å². The quantitative estimate of drug-likeness (QED) is 0.664. The van der Waals surface area contributed by atoms with Gasteiger partial charge in [0.2, 0.25) is 0 Å². The van der Waals surface area contributed by atoms with Crippen LogP contribution in [0.5, 0.6) is 5.75 Å². The van der Waals surface area contributed by atoms with Gasteiger partial charge in [0.1, 0.15) is 23.2 Å². The maximum absolute atomic E-state index is 5.43. The van der Waals surface area contributed by atoms with E-state index in [9.17, 15) is 0 Å². The average molecular weight is 363 g/mol. The number of ether oxygens (including phenoxy) is 1. The summed E-state index contributed by atoms with van der Waals surface area (Å²) < 4.78 is 5.43. The van der Waals surface area contributed by atoms with E-state index < -0.39 is 0 Å². The molecule has 1 aromatic heterocycles. The van der Waals surface area contributed by atoms with E-state index in [1.807, 2.05) is 64.3 Å². The third-order valence-electron chi connectivity index (χ3n) is 4.11. The van der Waals surface area contributed by atoms with E-state index >= 15 is 0 Å². The molecular formula is C21H25N5O. The normalized spacial score (nSPS) is 10.4. The van der Waals surface area contributed by atoms with E-state index in [0.717, 1.165) is 34.2 Å². The Labute approximate surface area is 160 Å². The van der Waals surface area contributed by atoms with Crippen LogP contribution in [0.3, 0.4) is 0 Å². The first-order chi connectivity index (χ1) is 12.9. The smallest absolute Gasteiger partial charge is 0.142 e. The maximum Gasteiger partial charge on any atom is 0.142 e. The van der Waals surface area contributed by atoms with Crippen LogP contribution in [0.2, 0.25) is 0 Å². The lowest BCUT2D eigenvalue weighted by Crippen LogP contribution is -2.08. The van der Waals surface area contributed by atoms with Crippen molar-refractivity contribution in [2.24, 2.45) is 0 Å². The van der Waals surface area contributed by atoms with Gasteiger partial charge in [0.05, 0.1) is 12.8 Å². The molecule has 0 saturated heterocycles. The van der Waals surface area contributed by atoms with Crippen LogP contribution < -0.4 is 20.3 Å². The molecule has 3 aromatic rings. The molecule has 27 heavy (non-hydrogen) atoms. The number of benzene rings is 2. The van der Waals surface area contributed by atoms with Crippen LogP contribution in [-0.4, -0.2) is 31.2 Å². The standard InChI is InChI=1S/C21H25N5O/c1-14-6-11-19(27-5)18(12-14)25-21-13-20(22-15(2)23-21)24-16-7-9-17(10-8-16)26(3)4/h6-13H,1-5H3,(H2,22,23,24,25). The molecule has 0 bridgehead atoms. The number of aryl methyl sites for hydroxylation is 2. The van der Waals surface area contributed by atoms with Crippen LogP contribution in [0.25, 0.3) is 0 Å². The van der Waals surface area contributed by atoms with E-state index in [1.54, 1.807) is 7.11 Å². The molecule has 0 unspecified atom stereocenters. The van der Waals surface area contributed by atoms with Crippen molar-refractivity contribution >= 4 is 28.7 Å². The fourth-order valence-electron chi connectivity index (χ4n) is 2.74. The predicted molar refractivity (Wildman–Crippen MR) is 112 cm³/mol. The number of anilines is 5. The van der Waals surface area contributed by atoms with E-state index in [2.05, 4.69) is 37.6 Å². The molecule has 140 valence electrons. The van der Waals surface area contributed by atoms with Gasteiger partial charge < -0.3 is 20.3 Å². The molecule has 1 heterocycles. The summed E-state index contributed by atoms with van der Waals surface area (Å²) in [4.78, 5) is 11.0. The minimum absolute atomic E-state index is 0.680. The summed E-state index contributed by atoms with van der Waals surface area (Å²) in [5.74, 6) is 2.89. The minimum atomic E-state index is 0.680. The van der Waals surface area contributed by atoms with Gasteiger partial charge in [-0.25, -0.2) is 9.97 Å². The number of nitrogens with zero attached hydrogens (tertiary/aromatic N) is 3. The highest BCUT2D eigenvalue weighted by Crippen LogP contribution is 2.29. The third kappa shape index (κ3) is 4.67. The summed E-state index contributed by atoms with van der Waals surface area (Å²) >= 11 is 0. The second kappa shape index (κ2) is 7.95. The summed E-state index contributed by atoms with van der Waals surface area (Å²) in [6, 6.07) is 16.1. The van der Waals surface area contributed by atoms with Gasteiger partial charge >= 0.3 is 0 Å². The van der Waals surface area contributed by atoms with Gasteiger partial charge in [-0.05, 0) is 55.8 Å². The molecule has 0 fully saturated rings. The van der Waals surface area contributed by atoms with Crippen LogP contribution in [-0.2, 0) is 0 Å². The lowest BCUT2D eigenvalue weighted by Gasteiger charge is -2.14. The molecule has 0 aliphatic rings. The highest BCUT2D eigenvalue weighted by atomic mass is 16.5. The molecule has 0 saturated carbocycles. The van der Waals surface area contributed by atoms with Gasteiger partial charge in [-0.15, -0.1) is 0 Å². The fourth-order valence-corrected chi connectivity index (χ4v) is 2.74. The Kier molecular flexibility index (Phi) is 5.45. The summed E-state index contributed by atoms with van der Waals surface area (Å²) in [5, 5.41) is 6.67. The third-order valence-corrected chi connectivity index (χ3v) is 4.11. The van der Waals surface area contributed by atoms with Crippen molar-refractivity contribution in [3.8, 4) is 5.75 Å². The Morgan fingerprint density at radius 2 is 1.52 bits per heavy atom. The van der Waals surface area contributed by atoms with Crippen molar-refractivity contribution in [2.45, 2.75) is 13.8 Å². The van der Waals surface area contributed by atoms with Crippen molar-refractivity contribution in [1.82, 2.24) is 9.97 Å². The fraction of sp³-hybridized carbons (Fsp3) is 0.238. The lowest BCUT2D eigenvalue weighted by atomic mass is 10.2. The molecule has 0 atom stereocenters. The molecule has 0 amide bonds. The maximum atomic E-state index is 5.43. The van der Waals surface area contributed by atoms with Crippen LogP contribution in [0.4, 0.5) is 28.7 Å². The monoisotopic (exact) mass is 363 g/mol. The lowest BCUT2D eigenvalue weighted by molar-refractivity contribution is 0.416. The SMILES string of the molecule is COc1ccc(C)cc1Nc1cc(Nc2ccc(N(C)C)cc2)nc(C)n1. The summed E-state index contributed by atoms with van der Waals surface area (Å²) in [6.45, 7) is 3.92. The summed E-state index contributed by atoms with van der Waals surface area (Å²) in [6.07, 6.45) is 0. The van der Waals surface area contributed by atoms with Crippen molar-refractivity contribution in [2.75, 3.05) is 36.7 Å². The molecular weight excluding hydrogens is 338 g/mol. The Hall–Kier alpha value is -3.28. The Morgan fingerprint density at radius 3 is 2.15 bits per heavy atom. The predicted octanol–water partition coefficient (Wildman–Crippen LogP) is 4.66. The second-order valence-corrected chi connectivity index (χ2v) is 6.58. The summed E-state index contributed by atoms with van der Waals surface area (Å²) in [5.41, 5.74) is 4.13. The molecule has 6 heteroatoms. The van der Waals surface area contributed by atoms with Crippen LogP contribution in [0.1, 0.15) is 11.4 Å². The van der Waals surface area contributed by atoms with E-state index in [4.69, 9.17) is 4.74 Å². The van der Waals surface area contributed by atoms with Gasteiger partial charge in [0.15, 0.2) is 0 Å². The highest BCUT2D eigenvalue weighted by molar-refractivity contribution is 5.68. The van der Waals surface area contributed by atoms with E-state index in [1.165, 1.54) is 0 Å². The zero-order valence-electron chi connectivity index (χ0n) is 16.4. The second-order valence-electron chi connectivity index (χ2n) is 6.58. The number of aromatic nitrogens is 2. The molecule has 0 aliphatic heterocycles. The zero-order valence-corrected chi connectivity index (χ0v) is 16.4. The van der Waals surface area contributed by atoms with Crippen molar-refractivity contribution in [3.05, 3.63) is 59.9 Å². The van der Waals surface area contributed by atoms with E-state index in [0.29, 0.717) is 11.6 Å². The van der Waals surface area contributed by atoms with Crippen molar-refractivity contribution in [3.63, 3.8) is 0 Å². The molecule has 0 spiro atoms. The Bertz CT molecular complexity index is 922. The van der Waals surface area contributed by atoms with Crippen molar-refractivity contribution < 1.29 is 4.74 Å². The molecule has 0 radical (unpaired) electrons. The Balaban J connectivity index is 1.83. The van der Waals surface area contributed by atoms with Gasteiger partial charge in [0, 0.05) is 31.5 Å². The number of hydrogen-bond acceptors (Lipinski definition) is 6. The Morgan fingerprint density at radius 1 is 0.852 bits per heavy atom. The molecule has 2 aromatic carbocycles. The summed E-state index contributed by atoms with van der Waals surface area (Å²) in [7, 11) is 5.70. The molecule has 3 rings (SSSR count). The molecule has 6 nitrogen and oxygen atoms in total. The number of rotatable bonds is 6. The number of nitrogens with one attached hydrogen (secondary N) is 2. The van der Waals surface area contributed by atoms with Gasteiger partial charge in [-0.2, -0.15) is 0 Å². The molecule has 2 N–H and O–H groups in total. The highest BCUT2D eigenvalue weighted by Gasteiger charge is 2.07. The zero-order chi connectivity index (χ0) is 19.4. The van der Waals surface area contributed by atoms with Gasteiger partial charge in [-0.1, -0.05) is 6.07 Å². The first-order valence-electron chi connectivity index (χ1n) is 8.76. The first kappa shape index (κ1) is 18.5. The number of methoxy groups -OCH3 is 1. The largest absolute Gasteiger partial charge is 0.495 e. The van der Waals surface area contributed by atoms with E-state index in [-0.39, 0.29) is 0 Å². The van der Waals surface area contributed by atoms with Crippen LogP contribution in [0, 0.1) is 13.8 Å². The number of hydrogen-bond donors (Lipinski definition) is 2. The average Bonchev–Trinajstić information content (AvgIpc) is 2.62. The minimum Gasteiger partial charge on any atom is -0.495 e. The van der Waals surface area contributed by atoms with Crippen LogP contribution >= 0.6 is 0 Å². The van der Waals surface area contributed by atoms with Crippen LogP contribution in [0.15, 0.2) is 48.5 Å². The van der Waals surface area contributed by atoms with Gasteiger partial charge in [-0.3, -0.25) is 0 Å². The first-order valence-corrected chi connectivity index (χ1v) is 8.76. The molecule has 0 aliphatic carbocycles. The van der Waals surface area contributed by atoms with Crippen molar-refractivity contribution in [1.29, 1.82) is 0 Å². The van der Waals surface area contributed by atoms with Gasteiger partial charge in [0.25, 0.3) is 0 Å².